The lowest BCUT2D eigenvalue weighted by Crippen LogP contribution is -1.98. The number of aromatic nitrogens is 3. The molecule has 0 saturated carbocycles. The van der Waals surface area contributed by atoms with E-state index in [1.54, 1.807) is 10.9 Å². The number of rotatable bonds is 1. The maximum absolute atomic E-state index is 5.12. The Kier molecular flexibility index (Phi) is 1.50. The second kappa shape index (κ2) is 2.31. The molecule has 9 heavy (non-hydrogen) atoms. The highest BCUT2D eigenvalue weighted by atomic mass is 15.4. The molecule has 1 rings (SSSR count). The number of terminal acetylenes is 1. The van der Waals surface area contributed by atoms with Crippen LogP contribution in [0.1, 0.15) is 12.6 Å². The summed E-state index contributed by atoms with van der Waals surface area (Å²) in [6.45, 7) is 2.75. The Morgan fingerprint density at radius 3 is 3.11 bits per heavy atom. The largest absolute Gasteiger partial charge is 0.237 e. The van der Waals surface area contributed by atoms with Crippen molar-refractivity contribution in [2.75, 3.05) is 0 Å². The Hall–Kier alpha value is -1.30. The molecule has 0 fully saturated rings. The van der Waals surface area contributed by atoms with Gasteiger partial charge in [0, 0.05) is 6.54 Å². The normalized spacial score (nSPS) is 8.89. The van der Waals surface area contributed by atoms with Crippen molar-refractivity contribution in [1.82, 2.24) is 15.0 Å². The van der Waals surface area contributed by atoms with Gasteiger partial charge in [-0.3, -0.25) is 0 Å². The number of nitrogens with zero attached hydrogens (tertiary/aromatic N) is 3. The Balaban J connectivity index is 3.02. The van der Waals surface area contributed by atoms with Gasteiger partial charge in [-0.05, 0) is 12.8 Å². The topological polar surface area (TPSA) is 30.7 Å². The average Bonchev–Trinajstić information content (AvgIpc) is 2.33. The predicted octanol–water partition coefficient (Wildman–Crippen LogP) is 0.279. The maximum atomic E-state index is 5.12. The van der Waals surface area contributed by atoms with Crippen LogP contribution in [-0.4, -0.2) is 15.0 Å². The highest BCUT2D eigenvalue weighted by molar-refractivity contribution is 5.19. The summed E-state index contributed by atoms with van der Waals surface area (Å²) in [6.07, 6.45) is 6.69. The zero-order valence-corrected chi connectivity index (χ0v) is 5.20. The van der Waals surface area contributed by atoms with Gasteiger partial charge in [-0.2, -0.15) is 0 Å². The van der Waals surface area contributed by atoms with Gasteiger partial charge in [0.05, 0.1) is 6.20 Å². The third-order valence-corrected chi connectivity index (χ3v) is 1.07. The molecule has 0 aliphatic heterocycles. The average molecular weight is 121 g/mol. The van der Waals surface area contributed by atoms with Gasteiger partial charge in [0.15, 0.2) is 0 Å². The van der Waals surface area contributed by atoms with Crippen LogP contribution in [0.4, 0.5) is 0 Å². The summed E-state index contributed by atoms with van der Waals surface area (Å²) < 4.78 is 1.67. The lowest BCUT2D eigenvalue weighted by atomic mass is 10.5. The lowest BCUT2D eigenvalue weighted by molar-refractivity contribution is 0.621. The summed E-state index contributed by atoms with van der Waals surface area (Å²) in [5, 5.41) is 7.36. The van der Waals surface area contributed by atoms with E-state index in [4.69, 9.17) is 6.42 Å². The zero-order valence-electron chi connectivity index (χ0n) is 5.20. The Morgan fingerprint density at radius 2 is 2.67 bits per heavy atom. The molecule has 0 aliphatic carbocycles. The molecular formula is C6H7N3. The van der Waals surface area contributed by atoms with Crippen molar-refractivity contribution >= 4 is 0 Å². The van der Waals surface area contributed by atoms with E-state index >= 15 is 0 Å². The zero-order chi connectivity index (χ0) is 6.69. The predicted molar refractivity (Wildman–Crippen MR) is 33.6 cm³/mol. The van der Waals surface area contributed by atoms with Gasteiger partial charge in [0.25, 0.3) is 0 Å². The molecule has 0 unspecified atom stereocenters. The van der Waals surface area contributed by atoms with Crippen molar-refractivity contribution in [3.63, 3.8) is 0 Å². The molecule has 1 heterocycles. The van der Waals surface area contributed by atoms with Gasteiger partial charge in [-0.1, -0.05) is 5.21 Å². The molecule has 1 aromatic heterocycles. The van der Waals surface area contributed by atoms with Crippen LogP contribution >= 0.6 is 0 Å². The first-order valence-corrected chi connectivity index (χ1v) is 2.73. The third kappa shape index (κ3) is 0.918. The smallest absolute Gasteiger partial charge is 0.131 e. The first kappa shape index (κ1) is 5.83. The van der Waals surface area contributed by atoms with E-state index in [0.717, 1.165) is 12.2 Å². The van der Waals surface area contributed by atoms with Crippen molar-refractivity contribution in [3.8, 4) is 12.3 Å². The fraction of sp³-hybridized carbons (Fsp3) is 0.333. The lowest BCUT2D eigenvalue weighted by Gasteiger charge is -1.91. The van der Waals surface area contributed by atoms with Crippen molar-refractivity contribution in [1.29, 1.82) is 0 Å². The molecule has 0 N–H and O–H groups in total. The second-order valence-electron chi connectivity index (χ2n) is 1.58. The molecule has 0 atom stereocenters. The molecule has 46 valence electrons. The van der Waals surface area contributed by atoms with Crippen LogP contribution in [-0.2, 0) is 6.54 Å². The summed E-state index contributed by atoms with van der Waals surface area (Å²) in [7, 11) is 0. The molecular weight excluding hydrogens is 114 g/mol. The minimum atomic E-state index is 0.734. The summed E-state index contributed by atoms with van der Waals surface area (Å²) in [6, 6.07) is 0. The van der Waals surface area contributed by atoms with E-state index < -0.39 is 0 Å². The molecule has 3 nitrogen and oxygen atoms in total. The van der Waals surface area contributed by atoms with Crippen LogP contribution in [0.25, 0.3) is 0 Å². The van der Waals surface area contributed by atoms with E-state index in [1.807, 2.05) is 6.92 Å². The van der Waals surface area contributed by atoms with Crippen LogP contribution in [0.15, 0.2) is 6.20 Å². The van der Waals surface area contributed by atoms with E-state index in [1.165, 1.54) is 0 Å². The van der Waals surface area contributed by atoms with Gasteiger partial charge in [0.2, 0.25) is 0 Å². The van der Waals surface area contributed by atoms with Crippen LogP contribution in [0, 0.1) is 12.3 Å². The number of hydrogen-bond acceptors (Lipinski definition) is 2. The maximum Gasteiger partial charge on any atom is 0.131 e. The van der Waals surface area contributed by atoms with Crippen molar-refractivity contribution < 1.29 is 0 Å². The Bertz CT molecular complexity index is 231. The molecule has 0 aliphatic rings. The standard InChI is InChI=1S/C6H7N3/c1-3-6-5-7-8-9(6)4-2/h1,5H,4H2,2H3. The SMILES string of the molecule is C#Cc1cnnn1CC. The van der Waals surface area contributed by atoms with Crippen LogP contribution < -0.4 is 0 Å². The van der Waals surface area contributed by atoms with Crippen molar-refractivity contribution in [2.45, 2.75) is 13.5 Å². The summed E-state index contributed by atoms with van der Waals surface area (Å²) in [5.74, 6) is 2.46. The van der Waals surface area contributed by atoms with Crippen LogP contribution in [0.3, 0.4) is 0 Å². The molecule has 0 bridgehead atoms. The molecule has 0 spiro atoms. The second-order valence-corrected chi connectivity index (χ2v) is 1.58. The van der Waals surface area contributed by atoms with E-state index in [-0.39, 0.29) is 0 Å². The van der Waals surface area contributed by atoms with Crippen LogP contribution in [0.2, 0.25) is 0 Å². The van der Waals surface area contributed by atoms with Gasteiger partial charge in [-0.25, -0.2) is 4.68 Å². The van der Waals surface area contributed by atoms with E-state index in [9.17, 15) is 0 Å². The van der Waals surface area contributed by atoms with E-state index in [0.29, 0.717) is 0 Å². The molecule has 3 heteroatoms. The highest BCUT2D eigenvalue weighted by Gasteiger charge is 1.94. The van der Waals surface area contributed by atoms with Crippen LogP contribution in [0.5, 0.6) is 0 Å². The fourth-order valence-electron chi connectivity index (χ4n) is 0.603. The highest BCUT2D eigenvalue weighted by Crippen LogP contribution is 1.90. The van der Waals surface area contributed by atoms with Gasteiger partial charge < -0.3 is 0 Å². The minimum absolute atomic E-state index is 0.734. The summed E-state index contributed by atoms with van der Waals surface area (Å²) >= 11 is 0. The van der Waals surface area contributed by atoms with Gasteiger partial charge in [-0.15, -0.1) is 11.5 Å². The quantitative estimate of drug-likeness (QED) is 0.499. The first-order chi connectivity index (χ1) is 4.38. The van der Waals surface area contributed by atoms with E-state index in [2.05, 4.69) is 16.2 Å². The number of aryl methyl sites for hydroxylation is 1. The monoisotopic (exact) mass is 121 g/mol. The third-order valence-electron chi connectivity index (χ3n) is 1.07. The van der Waals surface area contributed by atoms with Gasteiger partial charge in [0.1, 0.15) is 5.69 Å². The molecule has 0 radical (unpaired) electrons. The summed E-state index contributed by atoms with van der Waals surface area (Å²) in [5.41, 5.74) is 0.734. The van der Waals surface area contributed by atoms with Crippen molar-refractivity contribution in [2.24, 2.45) is 0 Å². The van der Waals surface area contributed by atoms with Gasteiger partial charge >= 0.3 is 0 Å². The van der Waals surface area contributed by atoms with Crippen molar-refractivity contribution in [3.05, 3.63) is 11.9 Å². The first-order valence-electron chi connectivity index (χ1n) is 2.73. The molecule has 0 saturated heterocycles. The Morgan fingerprint density at radius 1 is 1.89 bits per heavy atom. The molecule has 0 amide bonds. The summed E-state index contributed by atoms with van der Waals surface area (Å²) in [4.78, 5) is 0. The fourth-order valence-corrected chi connectivity index (χ4v) is 0.603. The Labute approximate surface area is 53.7 Å². The number of hydrogen-bond donors (Lipinski definition) is 0. The minimum Gasteiger partial charge on any atom is -0.237 e. The molecule has 1 aromatic rings. The molecule has 0 aromatic carbocycles.